The third-order valence-electron chi connectivity index (χ3n) is 4.76. The molecule has 0 spiro atoms. The Labute approximate surface area is 159 Å². The van der Waals surface area contributed by atoms with E-state index in [1.807, 2.05) is 53.3 Å². The van der Waals surface area contributed by atoms with E-state index in [-0.39, 0.29) is 18.4 Å². The SMILES string of the molecule is COc1cccc(CC(=O)N2CCCN(C(=O)Cn3ccc(C)n3)CC2)c1. The van der Waals surface area contributed by atoms with Crippen molar-refractivity contribution in [2.45, 2.75) is 26.3 Å². The smallest absolute Gasteiger partial charge is 0.244 e. The zero-order valence-electron chi connectivity index (χ0n) is 15.9. The van der Waals surface area contributed by atoms with Gasteiger partial charge in [0.1, 0.15) is 12.3 Å². The number of hydrogen-bond donors (Lipinski definition) is 0. The molecule has 0 bridgehead atoms. The molecule has 144 valence electrons. The van der Waals surface area contributed by atoms with Crippen LogP contribution >= 0.6 is 0 Å². The number of nitrogens with zero attached hydrogens (tertiary/aromatic N) is 4. The van der Waals surface area contributed by atoms with Crippen molar-refractivity contribution in [3.05, 3.63) is 47.8 Å². The maximum atomic E-state index is 12.7. The number of methoxy groups -OCH3 is 1. The van der Waals surface area contributed by atoms with Crippen molar-refractivity contribution in [1.29, 1.82) is 0 Å². The molecule has 0 saturated carbocycles. The van der Waals surface area contributed by atoms with Crippen LogP contribution in [0.15, 0.2) is 36.5 Å². The average molecular weight is 370 g/mol. The summed E-state index contributed by atoms with van der Waals surface area (Å²) < 4.78 is 6.88. The fourth-order valence-electron chi connectivity index (χ4n) is 3.27. The Hall–Kier alpha value is -2.83. The molecular weight excluding hydrogens is 344 g/mol. The van der Waals surface area contributed by atoms with Gasteiger partial charge in [-0.05, 0) is 37.1 Å². The number of hydrogen-bond acceptors (Lipinski definition) is 4. The minimum absolute atomic E-state index is 0.0418. The molecule has 27 heavy (non-hydrogen) atoms. The van der Waals surface area contributed by atoms with Gasteiger partial charge in [0.15, 0.2) is 0 Å². The molecule has 3 rings (SSSR count). The summed E-state index contributed by atoms with van der Waals surface area (Å²) in [5, 5.41) is 4.27. The van der Waals surface area contributed by atoms with Crippen LogP contribution in [0.2, 0.25) is 0 Å². The van der Waals surface area contributed by atoms with E-state index in [1.165, 1.54) is 0 Å². The van der Waals surface area contributed by atoms with E-state index < -0.39 is 0 Å². The first kappa shape index (κ1) is 18.9. The van der Waals surface area contributed by atoms with Crippen molar-refractivity contribution in [1.82, 2.24) is 19.6 Å². The van der Waals surface area contributed by atoms with E-state index in [1.54, 1.807) is 11.8 Å². The summed E-state index contributed by atoms with van der Waals surface area (Å²) in [7, 11) is 1.62. The molecule has 7 heteroatoms. The van der Waals surface area contributed by atoms with Crippen LogP contribution < -0.4 is 4.74 Å². The number of carbonyl (C=O) groups excluding carboxylic acids is 2. The molecule has 2 aromatic rings. The Kier molecular flexibility index (Phi) is 6.11. The fourth-order valence-corrected chi connectivity index (χ4v) is 3.27. The van der Waals surface area contributed by atoms with Crippen LogP contribution in [-0.2, 0) is 22.6 Å². The highest BCUT2D eigenvalue weighted by Gasteiger charge is 2.22. The second kappa shape index (κ2) is 8.70. The fraction of sp³-hybridized carbons (Fsp3) is 0.450. The van der Waals surface area contributed by atoms with Crippen molar-refractivity contribution in [2.24, 2.45) is 0 Å². The molecular formula is C20H26N4O3. The third kappa shape index (κ3) is 5.09. The Morgan fingerprint density at radius 2 is 1.81 bits per heavy atom. The number of carbonyl (C=O) groups is 2. The Morgan fingerprint density at radius 1 is 1.07 bits per heavy atom. The summed E-state index contributed by atoms with van der Waals surface area (Å²) in [6.07, 6.45) is 2.94. The van der Waals surface area contributed by atoms with Crippen LogP contribution in [0.25, 0.3) is 0 Å². The molecule has 1 aromatic heterocycles. The van der Waals surface area contributed by atoms with Gasteiger partial charge in [0.25, 0.3) is 0 Å². The molecule has 1 aromatic carbocycles. The molecule has 0 unspecified atom stereocenters. The van der Waals surface area contributed by atoms with Gasteiger partial charge in [-0.2, -0.15) is 5.10 Å². The molecule has 2 heterocycles. The van der Waals surface area contributed by atoms with Gasteiger partial charge in [0, 0.05) is 32.4 Å². The van der Waals surface area contributed by atoms with E-state index in [2.05, 4.69) is 5.10 Å². The van der Waals surface area contributed by atoms with Gasteiger partial charge in [0.05, 0.1) is 19.2 Å². The van der Waals surface area contributed by atoms with E-state index in [4.69, 9.17) is 4.74 Å². The first-order chi connectivity index (χ1) is 13.0. The second-order valence-electron chi connectivity index (χ2n) is 6.80. The van der Waals surface area contributed by atoms with Gasteiger partial charge in [0.2, 0.25) is 11.8 Å². The number of aryl methyl sites for hydroxylation is 1. The molecule has 0 aliphatic carbocycles. The largest absolute Gasteiger partial charge is 0.497 e. The highest BCUT2D eigenvalue weighted by atomic mass is 16.5. The topological polar surface area (TPSA) is 67.7 Å². The molecule has 0 N–H and O–H groups in total. The van der Waals surface area contributed by atoms with Crippen LogP contribution in [0.5, 0.6) is 5.75 Å². The highest BCUT2D eigenvalue weighted by molar-refractivity contribution is 5.79. The number of ether oxygens (including phenoxy) is 1. The maximum absolute atomic E-state index is 12.7. The summed E-state index contributed by atoms with van der Waals surface area (Å²) >= 11 is 0. The van der Waals surface area contributed by atoms with Gasteiger partial charge >= 0.3 is 0 Å². The third-order valence-corrected chi connectivity index (χ3v) is 4.76. The van der Waals surface area contributed by atoms with Gasteiger partial charge < -0.3 is 14.5 Å². The van der Waals surface area contributed by atoms with E-state index in [0.29, 0.717) is 32.6 Å². The second-order valence-corrected chi connectivity index (χ2v) is 6.80. The summed E-state index contributed by atoms with van der Waals surface area (Å²) in [4.78, 5) is 28.9. The van der Waals surface area contributed by atoms with Gasteiger partial charge in [-0.3, -0.25) is 14.3 Å². The van der Waals surface area contributed by atoms with Crippen molar-refractivity contribution in [3.8, 4) is 5.75 Å². The number of aromatic nitrogens is 2. The van der Waals surface area contributed by atoms with Crippen molar-refractivity contribution in [2.75, 3.05) is 33.3 Å². The summed E-state index contributed by atoms with van der Waals surface area (Å²) in [6, 6.07) is 9.46. The average Bonchev–Trinajstić information content (AvgIpc) is 2.92. The zero-order chi connectivity index (χ0) is 19.2. The first-order valence-electron chi connectivity index (χ1n) is 9.23. The van der Waals surface area contributed by atoms with Crippen LogP contribution in [0.3, 0.4) is 0 Å². The van der Waals surface area contributed by atoms with Gasteiger partial charge in [-0.1, -0.05) is 12.1 Å². The van der Waals surface area contributed by atoms with Crippen molar-refractivity contribution in [3.63, 3.8) is 0 Å². The molecule has 1 saturated heterocycles. The van der Waals surface area contributed by atoms with Crippen LogP contribution in [0.4, 0.5) is 0 Å². The van der Waals surface area contributed by atoms with Crippen LogP contribution in [0.1, 0.15) is 17.7 Å². The highest BCUT2D eigenvalue weighted by Crippen LogP contribution is 2.14. The lowest BCUT2D eigenvalue weighted by Gasteiger charge is -2.22. The minimum Gasteiger partial charge on any atom is -0.497 e. The van der Waals surface area contributed by atoms with Gasteiger partial charge in [-0.25, -0.2) is 0 Å². The standard InChI is InChI=1S/C20H26N4O3/c1-16-7-10-24(21-16)15-20(26)23-9-4-8-22(11-12-23)19(25)14-17-5-3-6-18(13-17)27-2/h3,5-7,10,13H,4,8-9,11-12,14-15H2,1-2H3. The van der Waals surface area contributed by atoms with Crippen LogP contribution in [-0.4, -0.2) is 64.7 Å². The van der Waals surface area contributed by atoms with Crippen LogP contribution in [0, 0.1) is 6.92 Å². The molecule has 7 nitrogen and oxygen atoms in total. The Bertz CT molecular complexity index is 802. The van der Waals surface area contributed by atoms with E-state index >= 15 is 0 Å². The first-order valence-corrected chi connectivity index (χ1v) is 9.23. The molecule has 2 amide bonds. The summed E-state index contributed by atoms with van der Waals surface area (Å²) in [6.45, 7) is 4.61. The molecule has 0 atom stereocenters. The summed E-state index contributed by atoms with van der Waals surface area (Å²) in [5.74, 6) is 0.877. The monoisotopic (exact) mass is 370 g/mol. The van der Waals surface area contributed by atoms with E-state index in [0.717, 1.165) is 23.4 Å². The molecule has 1 fully saturated rings. The van der Waals surface area contributed by atoms with E-state index in [9.17, 15) is 9.59 Å². The normalized spacial score (nSPS) is 14.7. The molecule has 0 radical (unpaired) electrons. The summed E-state index contributed by atoms with van der Waals surface area (Å²) in [5.41, 5.74) is 1.83. The Morgan fingerprint density at radius 3 is 2.48 bits per heavy atom. The maximum Gasteiger partial charge on any atom is 0.244 e. The quantitative estimate of drug-likeness (QED) is 0.800. The lowest BCUT2D eigenvalue weighted by molar-refractivity contribution is -0.133. The number of benzene rings is 1. The predicted molar refractivity (Wildman–Crippen MR) is 101 cm³/mol. The number of rotatable bonds is 5. The Balaban J connectivity index is 1.54. The lowest BCUT2D eigenvalue weighted by atomic mass is 10.1. The van der Waals surface area contributed by atoms with Crippen molar-refractivity contribution >= 4 is 11.8 Å². The lowest BCUT2D eigenvalue weighted by Crippen LogP contribution is -2.39. The predicted octanol–water partition coefficient (Wildman–Crippen LogP) is 1.50. The minimum atomic E-state index is 0.0418. The number of amides is 2. The molecule has 1 aliphatic rings. The van der Waals surface area contributed by atoms with Gasteiger partial charge in [-0.15, -0.1) is 0 Å². The zero-order valence-corrected chi connectivity index (χ0v) is 15.9. The molecule has 1 aliphatic heterocycles. The van der Waals surface area contributed by atoms with Crippen molar-refractivity contribution < 1.29 is 14.3 Å².